The first kappa shape index (κ1) is 9.74. The third-order valence-electron chi connectivity index (χ3n) is 2.25. The number of aryl methyl sites for hydroxylation is 1. The van der Waals surface area contributed by atoms with Crippen LogP contribution in [0.25, 0.3) is 11.0 Å². The zero-order valence-electron chi connectivity index (χ0n) is 7.88. The van der Waals surface area contributed by atoms with Gasteiger partial charge in [-0.15, -0.1) is 0 Å². The highest BCUT2D eigenvalue weighted by Gasteiger charge is 2.07. The summed E-state index contributed by atoms with van der Waals surface area (Å²) in [7, 11) is 0. The minimum absolute atomic E-state index is 0.0462. The number of benzene rings is 1. The van der Waals surface area contributed by atoms with Crippen molar-refractivity contribution in [2.45, 2.75) is 20.0 Å². The molecule has 3 heteroatoms. The molecule has 0 atom stereocenters. The van der Waals surface area contributed by atoms with Crippen LogP contribution in [-0.2, 0) is 13.0 Å². The Balaban J connectivity index is 2.71. The van der Waals surface area contributed by atoms with E-state index >= 15 is 0 Å². The second-order valence-electron chi connectivity index (χ2n) is 3.21. The molecule has 0 spiro atoms. The van der Waals surface area contributed by atoms with Crippen molar-refractivity contribution >= 4 is 26.9 Å². The average Bonchev–Trinajstić information content (AvgIpc) is 2.59. The van der Waals surface area contributed by atoms with Crippen molar-refractivity contribution in [1.29, 1.82) is 0 Å². The highest BCUT2D eigenvalue weighted by Crippen LogP contribution is 2.27. The summed E-state index contributed by atoms with van der Waals surface area (Å²) in [5.41, 5.74) is 2.05. The third kappa shape index (κ3) is 1.57. The lowest BCUT2D eigenvalue weighted by Crippen LogP contribution is -1.80. The largest absolute Gasteiger partial charge is 0.458 e. The van der Waals surface area contributed by atoms with Crippen LogP contribution in [0.3, 0.4) is 0 Å². The number of aliphatic hydroxyl groups excluding tert-OH is 1. The molecule has 1 N–H and O–H groups in total. The Labute approximate surface area is 90.7 Å². The smallest absolute Gasteiger partial charge is 0.137 e. The SMILES string of the molecule is CCc1cc(Br)cc2cc(CO)oc12. The van der Waals surface area contributed by atoms with Gasteiger partial charge in [-0.25, -0.2) is 0 Å². The van der Waals surface area contributed by atoms with Gasteiger partial charge in [0.05, 0.1) is 0 Å². The number of aliphatic hydroxyl groups is 1. The predicted molar refractivity (Wildman–Crippen MR) is 59.2 cm³/mol. The molecule has 0 saturated heterocycles. The van der Waals surface area contributed by atoms with Crippen molar-refractivity contribution in [2.24, 2.45) is 0 Å². The van der Waals surface area contributed by atoms with Gasteiger partial charge in [-0.1, -0.05) is 22.9 Å². The molecular formula is C11H11BrO2. The maximum absolute atomic E-state index is 8.97. The second kappa shape index (κ2) is 3.75. The van der Waals surface area contributed by atoms with Crippen molar-refractivity contribution < 1.29 is 9.52 Å². The van der Waals surface area contributed by atoms with Crippen molar-refractivity contribution in [3.63, 3.8) is 0 Å². The van der Waals surface area contributed by atoms with E-state index in [1.165, 1.54) is 0 Å². The molecule has 1 aromatic heterocycles. The Hall–Kier alpha value is -0.800. The Kier molecular flexibility index (Phi) is 2.61. The van der Waals surface area contributed by atoms with Crippen molar-refractivity contribution in [3.8, 4) is 0 Å². The van der Waals surface area contributed by atoms with Crippen LogP contribution in [0.2, 0.25) is 0 Å². The van der Waals surface area contributed by atoms with E-state index in [-0.39, 0.29) is 6.61 Å². The number of hydrogen-bond donors (Lipinski definition) is 1. The second-order valence-corrected chi connectivity index (χ2v) is 4.12. The van der Waals surface area contributed by atoms with Gasteiger partial charge in [-0.3, -0.25) is 0 Å². The molecule has 2 aromatic rings. The molecule has 0 aliphatic carbocycles. The molecule has 2 rings (SSSR count). The average molecular weight is 255 g/mol. The molecule has 74 valence electrons. The Morgan fingerprint density at radius 3 is 2.79 bits per heavy atom. The third-order valence-corrected chi connectivity index (χ3v) is 2.70. The van der Waals surface area contributed by atoms with Crippen LogP contribution in [0.5, 0.6) is 0 Å². The van der Waals surface area contributed by atoms with Crippen molar-refractivity contribution in [1.82, 2.24) is 0 Å². The van der Waals surface area contributed by atoms with E-state index < -0.39 is 0 Å². The van der Waals surface area contributed by atoms with E-state index in [0.717, 1.165) is 27.4 Å². The fraction of sp³-hybridized carbons (Fsp3) is 0.273. The number of halogens is 1. The van der Waals surface area contributed by atoms with Crippen LogP contribution in [0.1, 0.15) is 18.2 Å². The highest BCUT2D eigenvalue weighted by molar-refractivity contribution is 9.10. The lowest BCUT2D eigenvalue weighted by molar-refractivity contribution is 0.251. The number of fused-ring (bicyclic) bond motifs is 1. The molecule has 0 bridgehead atoms. The molecular weight excluding hydrogens is 244 g/mol. The van der Waals surface area contributed by atoms with Crippen molar-refractivity contribution in [3.05, 3.63) is 34.0 Å². The molecule has 1 heterocycles. The number of hydrogen-bond acceptors (Lipinski definition) is 2. The highest BCUT2D eigenvalue weighted by atomic mass is 79.9. The van der Waals surface area contributed by atoms with Gasteiger partial charge in [0.1, 0.15) is 18.0 Å². The van der Waals surface area contributed by atoms with Crippen LogP contribution < -0.4 is 0 Å². The predicted octanol–water partition coefficient (Wildman–Crippen LogP) is 3.25. The fourth-order valence-electron chi connectivity index (χ4n) is 1.58. The number of rotatable bonds is 2. The van der Waals surface area contributed by atoms with Gasteiger partial charge in [0, 0.05) is 9.86 Å². The standard InChI is InChI=1S/C11H11BrO2/c1-2-7-3-9(12)4-8-5-10(6-13)14-11(7)8/h3-5,13H,2,6H2,1H3. The zero-order chi connectivity index (χ0) is 10.1. The first-order valence-corrected chi connectivity index (χ1v) is 5.35. The van der Waals surface area contributed by atoms with E-state index in [4.69, 9.17) is 9.52 Å². The van der Waals surface area contributed by atoms with E-state index in [2.05, 4.69) is 22.9 Å². The van der Waals surface area contributed by atoms with Gasteiger partial charge >= 0.3 is 0 Å². The van der Waals surface area contributed by atoms with Crippen LogP contribution in [0.4, 0.5) is 0 Å². The Morgan fingerprint density at radius 1 is 1.36 bits per heavy atom. The van der Waals surface area contributed by atoms with Gasteiger partial charge in [0.15, 0.2) is 0 Å². The Bertz CT molecular complexity index is 460. The summed E-state index contributed by atoms with van der Waals surface area (Å²) in [6.45, 7) is 2.04. The molecule has 0 fully saturated rings. The van der Waals surface area contributed by atoms with E-state index in [1.807, 2.05) is 18.2 Å². The Morgan fingerprint density at radius 2 is 2.14 bits per heavy atom. The molecule has 14 heavy (non-hydrogen) atoms. The summed E-state index contributed by atoms with van der Waals surface area (Å²) in [6.07, 6.45) is 0.925. The maximum atomic E-state index is 8.97. The zero-order valence-corrected chi connectivity index (χ0v) is 9.47. The first-order chi connectivity index (χ1) is 6.74. The van der Waals surface area contributed by atoms with E-state index in [9.17, 15) is 0 Å². The normalized spacial score (nSPS) is 11.1. The summed E-state index contributed by atoms with van der Waals surface area (Å²) in [4.78, 5) is 0. The van der Waals surface area contributed by atoms with Gasteiger partial charge in [-0.2, -0.15) is 0 Å². The molecule has 0 aliphatic rings. The molecule has 0 saturated carbocycles. The van der Waals surface area contributed by atoms with Crippen LogP contribution in [0, 0.1) is 0 Å². The van der Waals surface area contributed by atoms with E-state index in [1.54, 1.807) is 0 Å². The van der Waals surface area contributed by atoms with Crippen LogP contribution >= 0.6 is 15.9 Å². The first-order valence-electron chi connectivity index (χ1n) is 4.56. The molecule has 0 unspecified atom stereocenters. The van der Waals surface area contributed by atoms with Gasteiger partial charge in [0.2, 0.25) is 0 Å². The fourth-order valence-corrected chi connectivity index (χ4v) is 2.10. The quantitative estimate of drug-likeness (QED) is 0.893. The molecule has 0 amide bonds. The van der Waals surface area contributed by atoms with Gasteiger partial charge in [0.25, 0.3) is 0 Å². The lowest BCUT2D eigenvalue weighted by Gasteiger charge is -1.98. The summed E-state index contributed by atoms with van der Waals surface area (Å²) < 4.78 is 6.57. The van der Waals surface area contributed by atoms with E-state index in [0.29, 0.717) is 5.76 Å². The lowest BCUT2D eigenvalue weighted by atomic mass is 10.1. The summed E-state index contributed by atoms with van der Waals surface area (Å²) in [5, 5.41) is 10.0. The summed E-state index contributed by atoms with van der Waals surface area (Å²) in [6, 6.07) is 5.92. The summed E-state index contributed by atoms with van der Waals surface area (Å²) in [5.74, 6) is 0.618. The number of furan rings is 1. The van der Waals surface area contributed by atoms with Crippen LogP contribution in [0.15, 0.2) is 27.1 Å². The molecule has 2 nitrogen and oxygen atoms in total. The van der Waals surface area contributed by atoms with Crippen molar-refractivity contribution in [2.75, 3.05) is 0 Å². The monoisotopic (exact) mass is 254 g/mol. The molecule has 0 aliphatic heterocycles. The minimum atomic E-state index is -0.0462. The maximum Gasteiger partial charge on any atom is 0.137 e. The van der Waals surface area contributed by atoms with Gasteiger partial charge < -0.3 is 9.52 Å². The minimum Gasteiger partial charge on any atom is -0.458 e. The molecule has 1 aromatic carbocycles. The van der Waals surface area contributed by atoms with Gasteiger partial charge in [-0.05, 0) is 30.2 Å². The van der Waals surface area contributed by atoms with Crippen LogP contribution in [-0.4, -0.2) is 5.11 Å². The molecule has 0 radical (unpaired) electrons. The topological polar surface area (TPSA) is 33.4 Å². The summed E-state index contributed by atoms with van der Waals surface area (Å²) >= 11 is 3.45.